The van der Waals surface area contributed by atoms with Crippen LogP contribution in [0, 0.1) is 0 Å². The molecular weight excluding hydrogens is 393 g/mol. The zero-order chi connectivity index (χ0) is 19.8. The predicted molar refractivity (Wildman–Crippen MR) is 115 cm³/mol. The largest absolute Gasteiger partial charge is 0.319 e. The van der Waals surface area contributed by atoms with Crippen LogP contribution in [0.2, 0.25) is 10.0 Å². The quantitative estimate of drug-likeness (QED) is 0.520. The molecule has 0 amide bonds. The minimum Gasteiger partial charge on any atom is -0.319 e. The third-order valence-corrected chi connectivity index (χ3v) is 5.28. The first-order valence-electron chi connectivity index (χ1n) is 8.72. The third kappa shape index (κ3) is 3.42. The molecule has 0 saturated carbocycles. The molecule has 2 N–H and O–H groups in total. The fourth-order valence-electron chi connectivity index (χ4n) is 3.23. The lowest BCUT2D eigenvalue weighted by atomic mass is 10.0. The van der Waals surface area contributed by atoms with E-state index in [-0.39, 0.29) is 5.56 Å². The Labute approximate surface area is 172 Å². The second-order valence-electron chi connectivity index (χ2n) is 6.60. The number of rotatable bonds is 3. The summed E-state index contributed by atoms with van der Waals surface area (Å²) in [6, 6.07) is 19.7. The average molecular weight is 410 g/mol. The number of fused-ring (bicyclic) bond motifs is 1. The molecule has 0 spiro atoms. The number of halogens is 2. The first kappa shape index (κ1) is 18.7. The molecule has 140 valence electrons. The van der Waals surface area contributed by atoms with Crippen LogP contribution in [0.1, 0.15) is 17.3 Å². The Morgan fingerprint density at radius 1 is 0.964 bits per heavy atom. The maximum absolute atomic E-state index is 12.4. The van der Waals surface area contributed by atoms with Gasteiger partial charge in [0, 0.05) is 28.7 Å². The van der Waals surface area contributed by atoms with Crippen molar-refractivity contribution in [2.75, 3.05) is 0 Å². The van der Waals surface area contributed by atoms with Gasteiger partial charge in [0.15, 0.2) is 0 Å². The average Bonchev–Trinajstić information content (AvgIpc) is 2.70. The second kappa shape index (κ2) is 7.40. The predicted octanol–water partition coefficient (Wildman–Crippen LogP) is 4.96. The highest BCUT2D eigenvalue weighted by atomic mass is 35.5. The number of aryl methyl sites for hydroxylation is 1. The smallest absolute Gasteiger partial charge is 0.251 e. The Morgan fingerprint density at radius 3 is 2.43 bits per heavy atom. The molecule has 4 nitrogen and oxygen atoms in total. The molecule has 1 unspecified atom stereocenters. The SMILES string of the molecule is Cn1c(=O)cc(-c2cccc(Cl)c2)c2nc(C(N)c3ccc(Cl)cc3)ccc21. The molecule has 0 aliphatic carbocycles. The molecule has 0 radical (unpaired) electrons. The van der Waals surface area contributed by atoms with Gasteiger partial charge >= 0.3 is 0 Å². The van der Waals surface area contributed by atoms with Crippen LogP contribution in [0.5, 0.6) is 0 Å². The number of hydrogen-bond acceptors (Lipinski definition) is 3. The highest BCUT2D eigenvalue weighted by Crippen LogP contribution is 2.29. The van der Waals surface area contributed by atoms with Gasteiger partial charge in [-0.05, 0) is 47.5 Å². The Bertz CT molecular complexity index is 1230. The second-order valence-corrected chi connectivity index (χ2v) is 7.47. The number of hydrogen-bond donors (Lipinski definition) is 1. The first-order valence-corrected chi connectivity index (χ1v) is 9.47. The van der Waals surface area contributed by atoms with E-state index in [2.05, 4.69) is 0 Å². The van der Waals surface area contributed by atoms with E-state index < -0.39 is 6.04 Å². The summed E-state index contributed by atoms with van der Waals surface area (Å²) in [5.41, 5.74) is 10.9. The lowest BCUT2D eigenvalue weighted by molar-refractivity contribution is 0.831. The van der Waals surface area contributed by atoms with Gasteiger partial charge in [-0.3, -0.25) is 4.79 Å². The van der Waals surface area contributed by atoms with Crippen LogP contribution in [-0.2, 0) is 7.05 Å². The zero-order valence-electron chi connectivity index (χ0n) is 15.1. The number of nitrogens with zero attached hydrogens (tertiary/aromatic N) is 2. The summed E-state index contributed by atoms with van der Waals surface area (Å²) in [4.78, 5) is 17.3. The van der Waals surface area contributed by atoms with E-state index in [0.29, 0.717) is 21.3 Å². The Balaban J connectivity index is 1.92. The molecule has 4 rings (SSSR count). The molecule has 0 bridgehead atoms. The summed E-state index contributed by atoms with van der Waals surface area (Å²) >= 11 is 12.1. The molecule has 4 aromatic rings. The van der Waals surface area contributed by atoms with Crippen LogP contribution < -0.4 is 11.3 Å². The molecular formula is C22H17Cl2N3O. The van der Waals surface area contributed by atoms with Gasteiger partial charge in [-0.15, -0.1) is 0 Å². The van der Waals surface area contributed by atoms with E-state index in [1.807, 2.05) is 42.5 Å². The maximum atomic E-state index is 12.4. The topological polar surface area (TPSA) is 60.9 Å². The molecule has 0 aliphatic heterocycles. The van der Waals surface area contributed by atoms with Gasteiger partial charge in [-0.1, -0.05) is 47.5 Å². The van der Waals surface area contributed by atoms with Gasteiger partial charge in [0.1, 0.15) is 0 Å². The van der Waals surface area contributed by atoms with Gasteiger partial charge in [0.25, 0.3) is 5.56 Å². The summed E-state index contributed by atoms with van der Waals surface area (Å²) in [6.07, 6.45) is 0. The monoisotopic (exact) mass is 409 g/mol. The summed E-state index contributed by atoms with van der Waals surface area (Å²) in [7, 11) is 1.73. The summed E-state index contributed by atoms with van der Waals surface area (Å²) < 4.78 is 1.58. The fourth-order valence-corrected chi connectivity index (χ4v) is 3.55. The minimum absolute atomic E-state index is 0.112. The van der Waals surface area contributed by atoms with Crippen molar-refractivity contribution >= 4 is 34.2 Å². The summed E-state index contributed by atoms with van der Waals surface area (Å²) in [6.45, 7) is 0. The fraction of sp³-hybridized carbons (Fsp3) is 0.0909. The van der Waals surface area contributed by atoms with Crippen molar-refractivity contribution in [1.82, 2.24) is 9.55 Å². The van der Waals surface area contributed by atoms with Gasteiger partial charge in [0.05, 0.1) is 22.8 Å². The summed E-state index contributed by atoms with van der Waals surface area (Å²) in [5, 5.41) is 1.25. The Morgan fingerprint density at radius 2 is 1.71 bits per heavy atom. The Kier molecular flexibility index (Phi) is 4.94. The first-order chi connectivity index (χ1) is 13.4. The molecule has 2 aromatic heterocycles. The van der Waals surface area contributed by atoms with E-state index in [9.17, 15) is 4.79 Å². The molecule has 2 aromatic carbocycles. The molecule has 0 saturated heterocycles. The van der Waals surface area contributed by atoms with E-state index >= 15 is 0 Å². The third-order valence-electron chi connectivity index (χ3n) is 4.79. The van der Waals surface area contributed by atoms with Crippen LogP contribution in [0.25, 0.3) is 22.2 Å². The number of benzene rings is 2. The summed E-state index contributed by atoms with van der Waals surface area (Å²) in [5.74, 6) is 0. The van der Waals surface area contributed by atoms with Crippen molar-refractivity contribution in [3.8, 4) is 11.1 Å². The van der Waals surface area contributed by atoms with Crippen LogP contribution in [0.15, 0.2) is 71.5 Å². The van der Waals surface area contributed by atoms with Crippen molar-refractivity contribution in [1.29, 1.82) is 0 Å². The number of nitrogens with two attached hydrogens (primary N) is 1. The molecule has 2 heterocycles. The Hall–Kier alpha value is -2.66. The molecule has 6 heteroatoms. The van der Waals surface area contributed by atoms with Gasteiger partial charge < -0.3 is 10.3 Å². The van der Waals surface area contributed by atoms with Crippen LogP contribution in [0.3, 0.4) is 0 Å². The normalized spacial score (nSPS) is 12.3. The number of pyridine rings is 2. The van der Waals surface area contributed by atoms with Crippen LogP contribution >= 0.6 is 23.2 Å². The van der Waals surface area contributed by atoms with Crippen molar-refractivity contribution in [3.63, 3.8) is 0 Å². The van der Waals surface area contributed by atoms with Crippen molar-refractivity contribution in [2.24, 2.45) is 12.8 Å². The standard InChI is InChI=1S/C22H17Cl2N3O/c1-27-19-10-9-18(21(25)13-5-7-15(23)8-6-13)26-22(19)17(12-20(27)28)14-3-2-4-16(24)11-14/h2-12,21H,25H2,1H3. The molecule has 0 fully saturated rings. The molecule has 0 aliphatic rings. The van der Waals surface area contributed by atoms with Gasteiger partial charge in [-0.25, -0.2) is 4.98 Å². The maximum Gasteiger partial charge on any atom is 0.251 e. The van der Waals surface area contributed by atoms with Crippen molar-refractivity contribution in [2.45, 2.75) is 6.04 Å². The van der Waals surface area contributed by atoms with E-state index in [1.54, 1.807) is 35.9 Å². The van der Waals surface area contributed by atoms with Crippen molar-refractivity contribution in [3.05, 3.63) is 98.4 Å². The highest BCUT2D eigenvalue weighted by molar-refractivity contribution is 6.31. The lowest BCUT2D eigenvalue weighted by Crippen LogP contribution is -2.18. The molecule has 28 heavy (non-hydrogen) atoms. The van der Waals surface area contributed by atoms with Crippen LogP contribution in [-0.4, -0.2) is 9.55 Å². The van der Waals surface area contributed by atoms with Gasteiger partial charge in [0.2, 0.25) is 0 Å². The lowest BCUT2D eigenvalue weighted by Gasteiger charge is -2.15. The molecule has 1 atom stereocenters. The van der Waals surface area contributed by atoms with Gasteiger partial charge in [-0.2, -0.15) is 0 Å². The van der Waals surface area contributed by atoms with E-state index in [1.165, 1.54) is 0 Å². The number of aromatic nitrogens is 2. The zero-order valence-corrected chi connectivity index (χ0v) is 16.6. The van der Waals surface area contributed by atoms with E-state index in [0.717, 1.165) is 22.2 Å². The highest BCUT2D eigenvalue weighted by Gasteiger charge is 2.15. The van der Waals surface area contributed by atoms with E-state index in [4.69, 9.17) is 33.9 Å². The van der Waals surface area contributed by atoms with Crippen molar-refractivity contribution < 1.29 is 0 Å². The van der Waals surface area contributed by atoms with Crippen LogP contribution in [0.4, 0.5) is 0 Å². The minimum atomic E-state index is -0.411.